The van der Waals surface area contributed by atoms with Crippen molar-refractivity contribution in [2.24, 2.45) is 29.1 Å². The van der Waals surface area contributed by atoms with Crippen LogP contribution in [0.5, 0.6) is 0 Å². The highest BCUT2D eigenvalue weighted by Gasteiger charge is 2.54. The number of aromatic nitrogens is 2. The quantitative estimate of drug-likeness (QED) is 0.844. The number of nitrogens with zero attached hydrogens (tertiary/aromatic N) is 3. The van der Waals surface area contributed by atoms with E-state index in [1.807, 2.05) is 4.90 Å². The number of amides is 2. The fourth-order valence-electron chi connectivity index (χ4n) is 6.78. The number of anilines is 1. The Morgan fingerprint density at radius 2 is 1.79 bits per heavy atom. The SMILES string of the molecule is CC(C)CC(=O)N1CCc2c(ncnc2NC(=O)C23CC4CC(CC(C4)C2)C3)C1. The van der Waals surface area contributed by atoms with Crippen molar-refractivity contribution >= 4 is 17.6 Å². The Hall–Kier alpha value is -1.98. The molecule has 6 nitrogen and oxygen atoms in total. The Morgan fingerprint density at radius 1 is 1.14 bits per heavy atom. The fraction of sp³-hybridized carbons (Fsp3) is 0.739. The highest BCUT2D eigenvalue weighted by Crippen LogP contribution is 2.60. The van der Waals surface area contributed by atoms with E-state index in [0.717, 1.165) is 48.3 Å². The topological polar surface area (TPSA) is 75.2 Å². The predicted octanol–water partition coefficient (Wildman–Crippen LogP) is 3.56. The lowest BCUT2D eigenvalue weighted by Crippen LogP contribution is -2.52. The first-order valence-corrected chi connectivity index (χ1v) is 11.3. The maximum absolute atomic E-state index is 13.4. The summed E-state index contributed by atoms with van der Waals surface area (Å²) in [6, 6.07) is 0. The molecule has 4 bridgehead atoms. The molecular weight excluding hydrogens is 364 g/mol. The summed E-state index contributed by atoms with van der Waals surface area (Å²) in [4.78, 5) is 36.6. The van der Waals surface area contributed by atoms with Crippen LogP contribution >= 0.6 is 0 Å². The van der Waals surface area contributed by atoms with Gasteiger partial charge in [-0.25, -0.2) is 9.97 Å². The molecule has 1 aromatic rings. The van der Waals surface area contributed by atoms with Crippen molar-refractivity contribution in [1.82, 2.24) is 14.9 Å². The molecule has 5 aliphatic rings. The van der Waals surface area contributed by atoms with Gasteiger partial charge in [-0.3, -0.25) is 9.59 Å². The Labute approximate surface area is 172 Å². The number of hydrogen-bond acceptors (Lipinski definition) is 4. The second kappa shape index (κ2) is 7.06. The second-order valence-electron chi connectivity index (χ2n) is 10.5. The predicted molar refractivity (Wildman–Crippen MR) is 110 cm³/mol. The second-order valence-corrected chi connectivity index (χ2v) is 10.5. The summed E-state index contributed by atoms with van der Waals surface area (Å²) in [5, 5.41) is 3.21. The Balaban J connectivity index is 1.32. The standard InChI is InChI=1S/C23H32N4O2/c1-14(2)5-20(28)27-4-3-18-19(12-27)24-13-25-21(18)26-22(29)23-9-15-6-16(10-23)8-17(7-15)11-23/h13-17H,3-12H2,1-2H3,(H,24,25,26,29). The fourth-order valence-corrected chi connectivity index (χ4v) is 6.78. The number of fused-ring (bicyclic) bond motifs is 1. The van der Waals surface area contributed by atoms with Crippen LogP contribution in [0, 0.1) is 29.1 Å². The average Bonchev–Trinajstić information content (AvgIpc) is 2.66. The van der Waals surface area contributed by atoms with Crippen LogP contribution in [-0.4, -0.2) is 33.2 Å². The third-order valence-corrected chi connectivity index (χ3v) is 7.69. The molecule has 2 heterocycles. The molecule has 0 radical (unpaired) electrons. The Morgan fingerprint density at radius 3 is 2.41 bits per heavy atom. The van der Waals surface area contributed by atoms with Crippen LogP contribution in [0.2, 0.25) is 0 Å². The lowest BCUT2D eigenvalue weighted by molar-refractivity contribution is -0.140. The minimum Gasteiger partial charge on any atom is -0.336 e. The van der Waals surface area contributed by atoms with E-state index in [2.05, 4.69) is 29.1 Å². The van der Waals surface area contributed by atoms with Crippen LogP contribution in [0.25, 0.3) is 0 Å². The van der Waals surface area contributed by atoms with Crippen LogP contribution < -0.4 is 5.32 Å². The number of rotatable bonds is 4. The number of nitrogens with one attached hydrogen (secondary N) is 1. The summed E-state index contributed by atoms with van der Waals surface area (Å²) in [5.74, 6) is 3.61. The lowest BCUT2D eigenvalue weighted by atomic mass is 9.49. The van der Waals surface area contributed by atoms with Crippen molar-refractivity contribution in [2.45, 2.75) is 71.8 Å². The summed E-state index contributed by atoms with van der Waals surface area (Å²) in [5.41, 5.74) is 1.71. The van der Waals surface area contributed by atoms with Gasteiger partial charge in [-0.1, -0.05) is 13.8 Å². The molecule has 1 N–H and O–H groups in total. The molecular formula is C23H32N4O2. The third-order valence-electron chi connectivity index (χ3n) is 7.69. The van der Waals surface area contributed by atoms with Crippen molar-refractivity contribution in [3.8, 4) is 0 Å². The first-order valence-electron chi connectivity index (χ1n) is 11.3. The van der Waals surface area contributed by atoms with Gasteiger partial charge in [0.2, 0.25) is 11.8 Å². The summed E-state index contributed by atoms with van der Waals surface area (Å²) in [6.07, 6.45) is 9.94. The first-order chi connectivity index (χ1) is 13.9. The Bertz CT molecular complexity index is 799. The molecule has 1 aromatic heterocycles. The number of carbonyl (C=O) groups excluding carboxylic acids is 2. The molecule has 4 aliphatic carbocycles. The van der Waals surface area contributed by atoms with E-state index in [1.165, 1.54) is 25.6 Å². The van der Waals surface area contributed by atoms with Crippen LogP contribution in [0.1, 0.15) is 70.1 Å². The van der Waals surface area contributed by atoms with Gasteiger partial charge in [-0.05, 0) is 68.6 Å². The van der Waals surface area contributed by atoms with Gasteiger partial charge in [0.05, 0.1) is 17.7 Å². The monoisotopic (exact) mass is 396 g/mol. The van der Waals surface area contributed by atoms with Gasteiger partial charge in [0.25, 0.3) is 0 Å². The maximum Gasteiger partial charge on any atom is 0.231 e. The van der Waals surface area contributed by atoms with E-state index in [0.29, 0.717) is 37.7 Å². The van der Waals surface area contributed by atoms with Crippen molar-refractivity contribution in [3.05, 3.63) is 17.6 Å². The smallest absolute Gasteiger partial charge is 0.231 e. The highest BCUT2D eigenvalue weighted by molar-refractivity contribution is 5.95. The van der Waals surface area contributed by atoms with Crippen molar-refractivity contribution < 1.29 is 9.59 Å². The molecule has 29 heavy (non-hydrogen) atoms. The number of carbonyl (C=O) groups is 2. The van der Waals surface area contributed by atoms with Gasteiger partial charge in [0.15, 0.2) is 0 Å². The van der Waals surface area contributed by atoms with E-state index < -0.39 is 0 Å². The van der Waals surface area contributed by atoms with Gasteiger partial charge in [0.1, 0.15) is 12.1 Å². The number of hydrogen-bond donors (Lipinski definition) is 1. The molecule has 0 spiro atoms. The summed E-state index contributed by atoms with van der Waals surface area (Å²) < 4.78 is 0. The molecule has 0 unspecified atom stereocenters. The van der Waals surface area contributed by atoms with Crippen LogP contribution in [0.3, 0.4) is 0 Å². The Kier molecular flexibility index (Phi) is 4.63. The normalized spacial score (nSPS) is 32.4. The minimum atomic E-state index is -0.180. The van der Waals surface area contributed by atoms with Crippen molar-refractivity contribution in [3.63, 3.8) is 0 Å². The zero-order valence-corrected chi connectivity index (χ0v) is 17.6. The van der Waals surface area contributed by atoms with Gasteiger partial charge >= 0.3 is 0 Å². The van der Waals surface area contributed by atoms with Gasteiger partial charge in [0, 0.05) is 18.5 Å². The molecule has 0 saturated heterocycles. The third kappa shape index (κ3) is 3.44. The highest BCUT2D eigenvalue weighted by atomic mass is 16.2. The maximum atomic E-state index is 13.4. The van der Waals surface area contributed by atoms with Crippen molar-refractivity contribution in [1.29, 1.82) is 0 Å². The van der Waals surface area contributed by atoms with E-state index in [4.69, 9.17) is 0 Å². The van der Waals surface area contributed by atoms with E-state index in [9.17, 15) is 9.59 Å². The molecule has 0 atom stereocenters. The molecule has 6 heteroatoms. The van der Waals surface area contributed by atoms with Gasteiger partial charge < -0.3 is 10.2 Å². The molecule has 4 saturated carbocycles. The van der Waals surface area contributed by atoms with Crippen molar-refractivity contribution in [2.75, 3.05) is 11.9 Å². The zero-order valence-electron chi connectivity index (χ0n) is 17.6. The summed E-state index contributed by atoms with van der Waals surface area (Å²) in [6.45, 7) is 5.32. The van der Waals surface area contributed by atoms with Crippen LogP contribution in [0.4, 0.5) is 5.82 Å². The molecule has 4 fully saturated rings. The van der Waals surface area contributed by atoms with Gasteiger partial charge in [-0.2, -0.15) is 0 Å². The van der Waals surface area contributed by atoms with Crippen LogP contribution in [0.15, 0.2) is 6.33 Å². The molecule has 2 amide bonds. The van der Waals surface area contributed by atoms with E-state index in [-0.39, 0.29) is 17.2 Å². The molecule has 0 aromatic carbocycles. The van der Waals surface area contributed by atoms with Gasteiger partial charge in [-0.15, -0.1) is 0 Å². The molecule has 156 valence electrons. The summed E-state index contributed by atoms with van der Waals surface area (Å²) >= 11 is 0. The minimum absolute atomic E-state index is 0.177. The largest absolute Gasteiger partial charge is 0.336 e. The zero-order chi connectivity index (χ0) is 20.2. The average molecular weight is 397 g/mol. The molecule has 6 rings (SSSR count). The van der Waals surface area contributed by atoms with E-state index >= 15 is 0 Å². The lowest BCUT2D eigenvalue weighted by Gasteiger charge is -2.55. The molecule has 1 aliphatic heterocycles. The summed E-state index contributed by atoms with van der Waals surface area (Å²) in [7, 11) is 0. The van der Waals surface area contributed by atoms with Crippen LogP contribution in [-0.2, 0) is 22.6 Å². The van der Waals surface area contributed by atoms with E-state index in [1.54, 1.807) is 0 Å². The first kappa shape index (κ1) is 19.0.